The zero-order valence-electron chi connectivity index (χ0n) is 17.2. The van der Waals surface area contributed by atoms with Crippen molar-refractivity contribution in [3.8, 4) is 0 Å². The Morgan fingerprint density at radius 2 is 2.06 bits per heavy atom. The molecule has 2 heterocycles. The number of fused-ring (bicyclic) bond motifs is 4. The third-order valence-electron chi connectivity index (χ3n) is 6.43. The average Bonchev–Trinajstić information content (AvgIpc) is 3.45. The maximum Gasteiger partial charge on any atom is 0.408 e. The highest BCUT2D eigenvalue weighted by Gasteiger charge is 2.41. The summed E-state index contributed by atoms with van der Waals surface area (Å²) in [6.07, 6.45) is 5.57. The molecule has 156 valence electrons. The summed E-state index contributed by atoms with van der Waals surface area (Å²) in [5.41, 5.74) is 8.11. The summed E-state index contributed by atoms with van der Waals surface area (Å²) in [5, 5.41) is 9.73. The van der Waals surface area contributed by atoms with Crippen LogP contribution in [0.4, 0.5) is 27.9 Å². The van der Waals surface area contributed by atoms with Gasteiger partial charge in [0.2, 0.25) is 5.95 Å². The maximum atomic E-state index is 11.6. The van der Waals surface area contributed by atoms with Crippen LogP contribution < -0.4 is 16.0 Å². The van der Waals surface area contributed by atoms with Crippen LogP contribution in [-0.2, 0) is 24.0 Å². The van der Waals surface area contributed by atoms with Crippen LogP contribution in [0.2, 0.25) is 0 Å². The predicted octanol–water partition coefficient (Wildman–Crippen LogP) is 4.47. The highest BCUT2D eigenvalue weighted by atomic mass is 16.6. The van der Waals surface area contributed by atoms with Gasteiger partial charge in [-0.15, -0.1) is 0 Å². The number of carbonyl (C=O) groups excluding carboxylic acids is 1. The number of carbonyl (C=O) groups is 1. The Balaban J connectivity index is 1.26. The number of aryl methyl sites for hydroxylation is 2. The molecule has 2 aliphatic carbocycles. The van der Waals surface area contributed by atoms with Gasteiger partial charge in [-0.1, -0.05) is 18.2 Å². The van der Waals surface area contributed by atoms with E-state index in [9.17, 15) is 4.79 Å². The number of nitrogens with zero attached hydrogens (tertiary/aromatic N) is 2. The first-order valence-corrected chi connectivity index (χ1v) is 10.7. The fourth-order valence-electron chi connectivity index (χ4n) is 4.88. The van der Waals surface area contributed by atoms with Crippen molar-refractivity contribution in [1.82, 2.24) is 15.3 Å². The molecular formula is C24H23N5O2. The Morgan fingerprint density at radius 3 is 3.00 bits per heavy atom. The molecule has 3 aromatic rings. The Kier molecular flexibility index (Phi) is 4.09. The van der Waals surface area contributed by atoms with E-state index in [1.54, 1.807) is 0 Å². The Hall–Kier alpha value is -3.61. The number of hydrogen-bond donors (Lipinski definition) is 3. The summed E-state index contributed by atoms with van der Waals surface area (Å²) in [6.45, 7) is 2.01. The van der Waals surface area contributed by atoms with Crippen LogP contribution >= 0.6 is 0 Å². The molecule has 7 nitrogen and oxygen atoms in total. The third kappa shape index (κ3) is 3.17. The van der Waals surface area contributed by atoms with Gasteiger partial charge in [-0.3, -0.25) is 0 Å². The number of alkyl carbamates (subject to hydrolysis) is 1. The van der Waals surface area contributed by atoms with E-state index < -0.39 is 0 Å². The molecule has 2 atom stereocenters. The van der Waals surface area contributed by atoms with Gasteiger partial charge < -0.3 is 20.7 Å². The van der Waals surface area contributed by atoms with Crippen LogP contribution in [-0.4, -0.2) is 22.2 Å². The zero-order chi connectivity index (χ0) is 20.9. The molecule has 1 amide bonds. The van der Waals surface area contributed by atoms with Gasteiger partial charge in [0.15, 0.2) is 0 Å². The lowest BCUT2D eigenvalue weighted by atomic mass is 10.1. The van der Waals surface area contributed by atoms with Gasteiger partial charge >= 0.3 is 6.09 Å². The SMILES string of the molecule is Cc1cnc(Nc2ccc3c(c2)[C@H]2NC(=O)OC2C3)nc1Nc1cccc2c1CCC2. The summed E-state index contributed by atoms with van der Waals surface area (Å²) in [5.74, 6) is 1.33. The molecule has 1 fully saturated rings. The van der Waals surface area contributed by atoms with Gasteiger partial charge in [0.25, 0.3) is 0 Å². The van der Waals surface area contributed by atoms with E-state index in [1.165, 1.54) is 23.1 Å². The molecule has 6 rings (SSSR count). The van der Waals surface area contributed by atoms with Crippen molar-refractivity contribution in [2.24, 2.45) is 0 Å². The first-order chi connectivity index (χ1) is 15.1. The second kappa shape index (κ2) is 6.97. The number of ether oxygens (including phenoxy) is 1. The monoisotopic (exact) mass is 413 g/mol. The molecule has 3 aliphatic rings. The number of benzene rings is 2. The molecule has 0 bridgehead atoms. The van der Waals surface area contributed by atoms with E-state index in [0.717, 1.165) is 47.6 Å². The number of rotatable bonds is 4. The minimum Gasteiger partial charge on any atom is -0.443 e. The van der Waals surface area contributed by atoms with Crippen LogP contribution in [0.15, 0.2) is 42.6 Å². The predicted molar refractivity (Wildman–Crippen MR) is 118 cm³/mol. The first-order valence-electron chi connectivity index (χ1n) is 10.7. The minimum atomic E-state index is -0.344. The van der Waals surface area contributed by atoms with Gasteiger partial charge in [0.05, 0.1) is 6.04 Å². The van der Waals surface area contributed by atoms with Crippen molar-refractivity contribution in [3.05, 3.63) is 70.4 Å². The highest BCUT2D eigenvalue weighted by molar-refractivity contribution is 5.73. The standard InChI is InChI=1S/C24H23N5O2/c1-13-12-25-23(29-22(13)27-19-7-3-5-14-4-2-6-17(14)19)26-16-9-8-15-10-20-21(18(15)11-16)28-24(30)31-20/h3,5,7-9,11-12,20-21H,2,4,6,10H2,1H3,(H,28,30)(H2,25,26,27,29)/t20?,21-/m1/s1. The lowest BCUT2D eigenvalue weighted by Crippen LogP contribution is -2.18. The molecule has 1 aromatic heterocycles. The Morgan fingerprint density at radius 1 is 1.13 bits per heavy atom. The summed E-state index contributed by atoms with van der Waals surface area (Å²) in [6, 6.07) is 12.5. The fourth-order valence-corrected chi connectivity index (χ4v) is 4.88. The van der Waals surface area contributed by atoms with E-state index in [4.69, 9.17) is 9.72 Å². The molecule has 1 saturated heterocycles. The second-order valence-corrected chi connectivity index (χ2v) is 8.46. The second-order valence-electron chi connectivity index (χ2n) is 8.46. The van der Waals surface area contributed by atoms with Crippen LogP contribution in [0, 0.1) is 6.92 Å². The fraction of sp³-hybridized carbons (Fsp3) is 0.292. The smallest absolute Gasteiger partial charge is 0.408 e. The van der Waals surface area contributed by atoms with Gasteiger partial charge in [-0.05, 0) is 66.6 Å². The molecule has 0 spiro atoms. The van der Waals surface area contributed by atoms with E-state index in [1.807, 2.05) is 19.2 Å². The maximum absolute atomic E-state index is 11.6. The molecule has 3 N–H and O–H groups in total. The summed E-state index contributed by atoms with van der Waals surface area (Å²) in [4.78, 5) is 20.8. The zero-order valence-corrected chi connectivity index (χ0v) is 17.2. The van der Waals surface area contributed by atoms with Gasteiger partial charge in [-0.2, -0.15) is 4.98 Å². The van der Waals surface area contributed by atoms with E-state index in [0.29, 0.717) is 5.95 Å². The van der Waals surface area contributed by atoms with Crippen molar-refractivity contribution in [2.75, 3.05) is 10.6 Å². The van der Waals surface area contributed by atoms with Crippen molar-refractivity contribution in [1.29, 1.82) is 0 Å². The molecule has 31 heavy (non-hydrogen) atoms. The number of nitrogens with one attached hydrogen (secondary N) is 3. The molecule has 0 saturated carbocycles. The van der Waals surface area contributed by atoms with E-state index >= 15 is 0 Å². The third-order valence-corrected chi connectivity index (χ3v) is 6.43. The summed E-state index contributed by atoms with van der Waals surface area (Å²) >= 11 is 0. The Bertz CT molecular complexity index is 1210. The van der Waals surface area contributed by atoms with Crippen molar-refractivity contribution >= 4 is 29.2 Å². The number of amides is 1. The largest absolute Gasteiger partial charge is 0.443 e. The molecule has 2 aromatic carbocycles. The van der Waals surface area contributed by atoms with Crippen molar-refractivity contribution in [3.63, 3.8) is 0 Å². The normalized spacial score (nSPS) is 20.5. The topological polar surface area (TPSA) is 88.2 Å². The van der Waals surface area contributed by atoms with Crippen LogP contribution in [0.3, 0.4) is 0 Å². The van der Waals surface area contributed by atoms with Crippen molar-refractivity contribution in [2.45, 2.75) is 44.8 Å². The van der Waals surface area contributed by atoms with E-state index in [2.05, 4.69) is 51.3 Å². The summed E-state index contributed by atoms with van der Waals surface area (Å²) in [7, 11) is 0. The molecular weight excluding hydrogens is 390 g/mol. The lowest BCUT2D eigenvalue weighted by Gasteiger charge is -2.14. The Labute approximate surface area is 180 Å². The first kappa shape index (κ1) is 18.2. The number of hydrogen-bond acceptors (Lipinski definition) is 6. The van der Waals surface area contributed by atoms with Crippen LogP contribution in [0.25, 0.3) is 0 Å². The summed E-state index contributed by atoms with van der Waals surface area (Å²) < 4.78 is 5.34. The van der Waals surface area contributed by atoms with Crippen LogP contribution in [0.1, 0.15) is 40.3 Å². The van der Waals surface area contributed by atoms with Gasteiger partial charge in [0.1, 0.15) is 11.9 Å². The van der Waals surface area contributed by atoms with E-state index in [-0.39, 0.29) is 18.2 Å². The van der Waals surface area contributed by atoms with Crippen molar-refractivity contribution < 1.29 is 9.53 Å². The highest BCUT2D eigenvalue weighted by Crippen LogP contribution is 2.38. The average molecular weight is 413 g/mol. The molecule has 1 aliphatic heterocycles. The quantitative estimate of drug-likeness (QED) is 0.585. The number of anilines is 4. The van der Waals surface area contributed by atoms with Gasteiger partial charge in [-0.25, -0.2) is 9.78 Å². The van der Waals surface area contributed by atoms with Crippen LogP contribution in [0.5, 0.6) is 0 Å². The van der Waals surface area contributed by atoms with Gasteiger partial charge in [0, 0.05) is 29.6 Å². The molecule has 0 radical (unpaired) electrons. The minimum absolute atomic E-state index is 0.0828. The lowest BCUT2D eigenvalue weighted by molar-refractivity contribution is 0.136. The molecule has 7 heteroatoms. The molecule has 1 unspecified atom stereocenters. The number of aromatic nitrogens is 2.